The summed E-state index contributed by atoms with van der Waals surface area (Å²) < 4.78 is 66.1. The van der Waals surface area contributed by atoms with Crippen LogP contribution in [-0.4, -0.2) is 76.9 Å². The Labute approximate surface area is 275 Å². The van der Waals surface area contributed by atoms with E-state index in [0.29, 0.717) is 37.9 Å². The number of terminal acetylenes is 1. The number of halogens is 5. The first-order valence-corrected chi connectivity index (χ1v) is 15.8. The van der Waals surface area contributed by atoms with Crippen molar-refractivity contribution < 1.29 is 32.5 Å². The third-order valence-electron chi connectivity index (χ3n) is 9.47. The zero-order valence-electron chi connectivity index (χ0n) is 26.3. The van der Waals surface area contributed by atoms with Crippen molar-refractivity contribution in [3.05, 3.63) is 52.6 Å². The Balaban J connectivity index is 1.55. The van der Waals surface area contributed by atoms with E-state index in [1.54, 1.807) is 18.7 Å². The fourth-order valence-electron chi connectivity index (χ4n) is 7.21. The normalized spacial score (nSPS) is 23.9. The van der Waals surface area contributed by atoms with Gasteiger partial charge in [0.05, 0.1) is 22.8 Å². The summed E-state index contributed by atoms with van der Waals surface area (Å²) in [4.78, 5) is 12.8. The molecule has 3 atom stereocenters. The van der Waals surface area contributed by atoms with Gasteiger partial charge in [-0.15, -0.1) is 6.42 Å². The van der Waals surface area contributed by atoms with Gasteiger partial charge in [0.2, 0.25) is 6.43 Å². The molecule has 2 N–H and O–H groups in total. The predicted molar refractivity (Wildman–Crippen MR) is 174 cm³/mol. The number of phenolic OH excluding ortho intramolecular Hbond substituents is 1. The maximum absolute atomic E-state index is 16.9. The zero-order valence-corrected chi connectivity index (χ0v) is 27.0. The number of phenols is 1. The summed E-state index contributed by atoms with van der Waals surface area (Å²) >= 11 is 6.78. The maximum atomic E-state index is 16.9. The molecule has 0 amide bonds. The topological polar surface area (TPSA) is 82.0 Å². The Kier molecular flexibility index (Phi) is 8.66. The Bertz CT molecular complexity index is 1920. The minimum Gasteiger partial charge on any atom is -0.508 e. The summed E-state index contributed by atoms with van der Waals surface area (Å²) in [6.45, 7) is 4.82. The van der Waals surface area contributed by atoms with Gasteiger partial charge in [0, 0.05) is 47.3 Å². The summed E-state index contributed by atoms with van der Waals surface area (Å²) in [6, 6.07) is 6.47. The van der Waals surface area contributed by atoms with Gasteiger partial charge in [-0.25, -0.2) is 17.6 Å². The lowest BCUT2D eigenvalue weighted by Crippen LogP contribution is -2.51. The Morgan fingerprint density at radius 3 is 2.62 bits per heavy atom. The molecule has 0 bridgehead atoms. The molecule has 2 aliphatic rings. The second-order valence-electron chi connectivity index (χ2n) is 13.4. The number of benzene rings is 3. The molecule has 3 aromatic carbocycles. The van der Waals surface area contributed by atoms with Crippen LogP contribution in [0, 0.1) is 35.3 Å². The molecule has 0 radical (unpaired) electrons. The average molecular weight is 671 g/mol. The van der Waals surface area contributed by atoms with E-state index in [-0.39, 0.29) is 75.2 Å². The molecule has 2 aliphatic heterocycles. The van der Waals surface area contributed by atoms with Crippen molar-refractivity contribution in [1.29, 1.82) is 0 Å². The number of aliphatic hydroxyl groups is 1. The molecule has 2 fully saturated rings. The van der Waals surface area contributed by atoms with Crippen molar-refractivity contribution in [3.8, 4) is 35.2 Å². The zero-order chi connectivity index (χ0) is 33.8. The van der Waals surface area contributed by atoms with Crippen LogP contribution in [0.5, 0.6) is 11.8 Å². The first kappa shape index (κ1) is 33.1. The lowest BCUT2D eigenvalue weighted by molar-refractivity contribution is -0.0679. The highest BCUT2D eigenvalue weighted by Gasteiger charge is 2.44. The van der Waals surface area contributed by atoms with Gasteiger partial charge < -0.3 is 24.7 Å². The summed E-state index contributed by atoms with van der Waals surface area (Å²) in [6.07, 6.45) is 4.57. The monoisotopic (exact) mass is 670 g/mol. The second kappa shape index (κ2) is 12.3. The van der Waals surface area contributed by atoms with Crippen LogP contribution in [-0.2, 0) is 0 Å². The fourth-order valence-corrected chi connectivity index (χ4v) is 7.50. The quantitative estimate of drug-likeness (QED) is 0.169. The van der Waals surface area contributed by atoms with Crippen LogP contribution in [0.2, 0.25) is 5.02 Å². The molecule has 1 aromatic heterocycles. The standard InChI is InChI=1S/C35H35ClF4N4O3/c1-5-21-26(37)8-7-19-13-20(45)14-22(27(19)21)28-25(36)15-23-30(29(28)38)41-33(42-32(23)44-11-6-10-35(3,46)17-44)47-18-34(2)16-43(4)12-9-24(34)31(39)40/h1,7-8,13-15,24,31,45-46H,6,9-12,16-18H2,2-4H3/t24-,34+,35-/m1/s1. The van der Waals surface area contributed by atoms with Crippen LogP contribution in [0.4, 0.5) is 23.4 Å². The van der Waals surface area contributed by atoms with Crippen molar-refractivity contribution >= 4 is 39.1 Å². The first-order chi connectivity index (χ1) is 22.2. The molecule has 6 rings (SSSR count). The van der Waals surface area contributed by atoms with Crippen LogP contribution < -0.4 is 9.64 Å². The Morgan fingerprint density at radius 2 is 1.91 bits per heavy atom. The van der Waals surface area contributed by atoms with Gasteiger partial charge in [0.25, 0.3) is 0 Å². The number of likely N-dealkylation sites (tertiary alicyclic amines) is 1. The third kappa shape index (κ3) is 6.15. The number of fused-ring (bicyclic) bond motifs is 2. The molecule has 2 saturated heterocycles. The second-order valence-corrected chi connectivity index (χ2v) is 13.8. The molecule has 47 heavy (non-hydrogen) atoms. The van der Waals surface area contributed by atoms with Gasteiger partial charge in [-0.3, -0.25) is 0 Å². The van der Waals surface area contributed by atoms with E-state index in [0.717, 1.165) is 0 Å². The maximum Gasteiger partial charge on any atom is 0.319 e. The van der Waals surface area contributed by atoms with Crippen molar-refractivity contribution in [3.63, 3.8) is 0 Å². The van der Waals surface area contributed by atoms with Crippen LogP contribution in [0.15, 0.2) is 30.3 Å². The number of aromatic hydroxyl groups is 1. The molecule has 12 heteroatoms. The summed E-state index contributed by atoms with van der Waals surface area (Å²) in [7, 11) is 1.86. The van der Waals surface area contributed by atoms with E-state index in [2.05, 4.69) is 15.9 Å². The molecule has 3 heterocycles. The molecule has 248 valence electrons. The minimum absolute atomic E-state index is 0.0536. The molecule has 4 aromatic rings. The highest BCUT2D eigenvalue weighted by atomic mass is 35.5. The van der Waals surface area contributed by atoms with E-state index in [1.807, 2.05) is 11.9 Å². The summed E-state index contributed by atoms with van der Waals surface area (Å²) in [5.74, 6) is -0.180. The highest BCUT2D eigenvalue weighted by molar-refractivity contribution is 6.35. The number of rotatable bonds is 6. The number of hydrogen-bond acceptors (Lipinski definition) is 7. The number of anilines is 1. The van der Waals surface area contributed by atoms with Crippen molar-refractivity contribution in [1.82, 2.24) is 14.9 Å². The highest BCUT2D eigenvalue weighted by Crippen LogP contribution is 2.45. The molecule has 7 nitrogen and oxygen atoms in total. The van der Waals surface area contributed by atoms with Gasteiger partial charge in [0.15, 0.2) is 5.82 Å². The lowest BCUT2D eigenvalue weighted by Gasteiger charge is -2.44. The van der Waals surface area contributed by atoms with Gasteiger partial charge in [0.1, 0.15) is 22.9 Å². The number of aromatic nitrogens is 2. The van der Waals surface area contributed by atoms with Crippen molar-refractivity contribution in [2.24, 2.45) is 11.3 Å². The minimum atomic E-state index is -2.56. The average Bonchev–Trinajstić information content (AvgIpc) is 2.99. The predicted octanol–water partition coefficient (Wildman–Crippen LogP) is 7.02. The van der Waals surface area contributed by atoms with Crippen molar-refractivity contribution in [2.45, 2.75) is 45.1 Å². The number of piperidine rings is 2. The van der Waals surface area contributed by atoms with Crippen LogP contribution in [0.1, 0.15) is 38.7 Å². The van der Waals surface area contributed by atoms with Gasteiger partial charge in [-0.2, -0.15) is 9.97 Å². The van der Waals surface area contributed by atoms with Crippen LogP contribution in [0.3, 0.4) is 0 Å². The van der Waals surface area contributed by atoms with Gasteiger partial charge in [-0.1, -0.05) is 30.5 Å². The molecule has 0 saturated carbocycles. The number of hydrogen-bond donors (Lipinski definition) is 2. The van der Waals surface area contributed by atoms with E-state index >= 15 is 4.39 Å². The fraction of sp³-hybridized carbons (Fsp3) is 0.429. The van der Waals surface area contributed by atoms with Crippen LogP contribution in [0.25, 0.3) is 32.8 Å². The van der Waals surface area contributed by atoms with Gasteiger partial charge in [-0.05, 0) is 75.0 Å². The van der Waals surface area contributed by atoms with E-state index in [9.17, 15) is 23.4 Å². The number of nitrogens with zero attached hydrogens (tertiary/aromatic N) is 4. The first-order valence-electron chi connectivity index (χ1n) is 15.4. The molecule has 0 spiro atoms. The van der Waals surface area contributed by atoms with Gasteiger partial charge >= 0.3 is 6.01 Å². The molecular weight excluding hydrogens is 636 g/mol. The smallest absolute Gasteiger partial charge is 0.319 e. The number of ether oxygens (including phenoxy) is 1. The van der Waals surface area contributed by atoms with Crippen LogP contribution >= 0.6 is 11.6 Å². The number of β-amino-alcohol motifs (C(OH)–C–C–N with tert-alkyl or cyclic N) is 1. The largest absolute Gasteiger partial charge is 0.508 e. The Morgan fingerprint density at radius 1 is 1.15 bits per heavy atom. The summed E-state index contributed by atoms with van der Waals surface area (Å²) in [5.41, 5.74) is -2.45. The van der Waals surface area contributed by atoms with Crippen molar-refractivity contribution in [2.75, 3.05) is 44.7 Å². The Hall–Kier alpha value is -3.85. The van der Waals surface area contributed by atoms with E-state index in [1.165, 1.54) is 30.3 Å². The molecule has 0 aliphatic carbocycles. The summed E-state index contributed by atoms with van der Waals surface area (Å²) in [5, 5.41) is 22.2. The van der Waals surface area contributed by atoms with E-state index in [4.69, 9.17) is 22.8 Å². The van der Waals surface area contributed by atoms with E-state index < -0.39 is 35.0 Å². The lowest BCUT2D eigenvalue weighted by atomic mass is 9.73. The molecule has 0 unspecified atom stereocenters. The number of alkyl halides is 2. The molecular formula is C35H35ClF4N4O3. The SMILES string of the molecule is C#Cc1c(F)ccc2cc(O)cc(-c3c(Cl)cc4c(N5CCC[C@@](C)(O)C5)nc(OC[C@]5(C)CN(C)CC[C@@H]5C(F)F)nc4c3F)c12. The third-order valence-corrected chi connectivity index (χ3v) is 9.76.